The highest BCUT2D eigenvalue weighted by Crippen LogP contribution is 2.46. The molecule has 0 bridgehead atoms. The molecule has 1 fully saturated rings. The molecule has 0 aliphatic heterocycles. The zero-order valence-corrected chi connectivity index (χ0v) is 11.9. The number of nitriles is 1. The summed E-state index contributed by atoms with van der Waals surface area (Å²) in [7, 11) is 0. The summed E-state index contributed by atoms with van der Waals surface area (Å²) in [5, 5.41) is 20.0. The molecular weight excluding hydrogens is 258 g/mol. The van der Waals surface area contributed by atoms with Crippen molar-refractivity contribution < 1.29 is 5.11 Å². The number of benzene rings is 2. The fourth-order valence-corrected chi connectivity index (χ4v) is 3.61. The predicted octanol–water partition coefficient (Wildman–Crippen LogP) is 3.66. The van der Waals surface area contributed by atoms with E-state index in [1.54, 1.807) is 0 Å². The van der Waals surface area contributed by atoms with E-state index in [4.69, 9.17) is 0 Å². The first-order valence-corrected chi connectivity index (χ1v) is 7.47. The van der Waals surface area contributed by atoms with Gasteiger partial charge in [0, 0.05) is 0 Å². The van der Waals surface area contributed by atoms with Gasteiger partial charge in [-0.15, -0.1) is 0 Å². The van der Waals surface area contributed by atoms with E-state index in [-0.39, 0.29) is 12.0 Å². The van der Waals surface area contributed by atoms with Gasteiger partial charge >= 0.3 is 0 Å². The van der Waals surface area contributed by atoms with Crippen molar-refractivity contribution in [3.8, 4) is 6.07 Å². The SMILES string of the molecule is N#CC(c1ccccc1)(c1ccccc1)[C@@H]1CC[C@H](O)C1. The molecule has 1 aliphatic carbocycles. The summed E-state index contributed by atoms with van der Waals surface area (Å²) in [4.78, 5) is 0. The molecule has 2 aromatic carbocycles. The van der Waals surface area contributed by atoms with E-state index < -0.39 is 5.41 Å². The van der Waals surface area contributed by atoms with Crippen molar-refractivity contribution in [2.24, 2.45) is 5.92 Å². The third-order valence-corrected chi connectivity index (χ3v) is 4.65. The van der Waals surface area contributed by atoms with Gasteiger partial charge in [0.15, 0.2) is 0 Å². The minimum Gasteiger partial charge on any atom is -0.393 e. The number of aliphatic hydroxyl groups is 1. The first-order valence-electron chi connectivity index (χ1n) is 7.47. The molecule has 21 heavy (non-hydrogen) atoms. The lowest BCUT2D eigenvalue weighted by molar-refractivity contribution is 0.173. The Morgan fingerprint density at radius 3 is 1.81 bits per heavy atom. The van der Waals surface area contributed by atoms with Crippen LogP contribution in [0.15, 0.2) is 60.7 Å². The molecule has 1 N–H and O–H groups in total. The molecule has 0 heterocycles. The van der Waals surface area contributed by atoms with Crippen molar-refractivity contribution in [2.45, 2.75) is 30.8 Å². The van der Waals surface area contributed by atoms with E-state index in [0.717, 1.165) is 24.0 Å². The quantitative estimate of drug-likeness (QED) is 0.930. The van der Waals surface area contributed by atoms with E-state index in [2.05, 4.69) is 6.07 Å². The second-order valence-corrected chi connectivity index (χ2v) is 5.82. The number of aliphatic hydroxyl groups excluding tert-OH is 1. The highest BCUT2D eigenvalue weighted by molar-refractivity contribution is 5.47. The topological polar surface area (TPSA) is 44.0 Å². The van der Waals surface area contributed by atoms with E-state index in [1.165, 1.54) is 0 Å². The molecule has 106 valence electrons. The third kappa shape index (κ3) is 2.34. The molecule has 0 unspecified atom stereocenters. The Bertz CT molecular complexity index is 590. The van der Waals surface area contributed by atoms with Gasteiger partial charge in [-0.05, 0) is 36.3 Å². The average Bonchev–Trinajstić information content (AvgIpc) is 2.98. The number of rotatable bonds is 3. The Balaban J connectivity index is 2.17. The van der Waals surface area contributed by atoms with Crippen LogP contribution in [0.4, 0.5) is 0 Å². The fraction of sp³-hybridized carbons (Fsp3) is 0.316. The van der Waals surface area contributed by atoms with Crippen molar-refractivity contribution in [2.75, 3.05) is 0 Å². The van der Waals surface area contributed by atoms with Crippen LogP contribution in [0, 0.1) is 17.2 Å². The summed E-state index contributed by atoms with van der Waals surface area (Å²) >= 11 is 0. The molecule has 0 saturated heterocycles. The van der Waals surface area contributed by atoms with Gasteiger partial charge in [0.05, 0.1) is 12.2 Å². The molecular formula is C19H19NO. The largest absolute Gasteiger partial charge is 0.393 e. The van der Waals surface area contributed by atoms with Gasteiger partial charge in [-0.1, -0.05) is 60.7 Å². The standard InChI is InChI=1S/C19H19NO/c20-14-19(15-7-3-1-4-8-15,16-9-5-2-6-10-16)17-11-12-18(21)13-17/h1-10,17-18,21H,11-13H2/t17-,18+/m1/s1. The highest BCUT2D eigenvalue weighted by atomic mass is 16.3. The smallest absolute Gasteiger partial charge is 0.110 e. The van der Waals surface area contributed by atoms with Crippen molar-refractivity contribution in [1.82, 2.24) is 0 Å². The zero-order chi connectivity index (χ0) is 14.7. The van der Waals surface area contributed by atoms with Crippen LogP contribution >= 0.6 is 0 Å². The average molecular weight is 277 g/mol. The molecule has 2 nitrogen and oxygen atoms in total. The van der Waals surface area contributed by atoms with Gasteiger partial charge in [-0.3, -0.25) is 0 Å². The first kappa shape index (κ1) is 13.9. The Labute approximate surface area is 125 Å². The molecule has 0 aromatic heterocycles. The van der Waals surface area contributed by atoms with Crippen molar-refractivity contribution in [1.29, 1.82) is 5.26 Å². The summed E-state index contributed by atoms with van der Waals surface area (Å²) in [6, 6.07) is 22.6. The van der Waals surface area contributed by atoms with Gasteiger partial charge in [0.1, 0.15) is 5.41 Å². The molecule has 2 aromatic rings. The maximum absolute atomic E-state index is 10.1. The summed E-state index contributed by atoms with van der Waals surface area (Å²) < 4.78 is 0. The van der Waals surface area contributed by atoms with Crippen LogP contribution in [0.1, 0.15) is 30.4 Å². The van der Waals surface area contributed by atoms with Crippen LogP contribution in [-0.2, 0) is 5.41 Å². The number of hydrogen-bond acceptors (Lipinski definition) is 2. The second-order valence-electron chi connectivity index (χ2n) is 5.82. The lowest BCUT2D eigenvalue weighted by atomic mass is 9.66. The molecule has 2 heteroatoms. The van der Waals surface area contributed by atoms with Gasteiger partial charge < -0.3 is 5.11 Å². The summed E-state index contributed by atoms with van der Waals surface area (Å²) in [6.07, 6.45) is 2.08. The zero-order valence-electron chi connectivity index (χ0n) is 11.9. The lowest BCUT2D eigenvalue weighted by Crippen LogP contribution is -2.34. The Kier molecular flexibility index (Phi) is 3.77. The van der Waals surface area contributed by atoms with E-state index in [1.807, 2.05) is 60.7 Å². The molecule has 0 radical (unpaired) electrons. The maximum atomic E-state index is 10.1. The maximum Gasteiger partial charge on any atom is 0.110 e. The molecule has 1 saturated carbocycles. The van der Waals surface area contributed by atoms with E-state index >= 15 is 0 Å². The van der Waals surface area contributed by atoms with Crippen LogP contribution in [-0.4, -0.2) is 11.2 Å². The van der Waals surface area contributed by atoms with Crippen LogP contribution < -0.4 is 0 Å². The number of nitrogens with zero attached hydrogens (tertiary/aromatic N) is 1. The molecule has 0 spiro atoms. The predicted molar refractivity (Wildman–Crippen MR) is 82.6 cm³/mol. The van der Waals surface area contributed by atoms with E-state index in [9.17, 15) is 10.4 Å². The molecule has 3 rings (SSSR count). The van der Waals surface area contributed by atoms with Crippen LogP contribution in [0.5, 0.6) is 0 Å². The van der Waals surface area contributed by atoms with E-state index in [0.29, 0.717) is 6.42 Å². The highest BCUT2D eigenvalue weighted by Gasteiger charge is 2.45. The number of hydrogen-bond donors (Lipinski definition) is 1. The van der Waals surface area contributed by atoms with Crippen molar-refractivity contribution in [3.05, 3.63) is 71.8 Å². The summed E-state index contributed by atoms with van der Waals surface area (Å²) in [5.41, 5.74) is 1.38. The third-order valence-electron chi connectivity index (χ3n) is 4.65. The monoisotopic (exact) mass is 277 g/mol. The minimum absolute atomic E-state index is 0.155. The van der Waals surface area contributed by atoms with Crippen LogP contribution in [0.25, 0.3) is 0 Å². The normalized spacial score (nSPS) is 21.9. The summed E-state index contributed by atoms with van der Waals surface area (Å²) in [5.74, 6) is 0.155. The fourth-order valence-electron chi connectivity index (χ4n) is 3.61. The Morgan fingerprint density at radius 1 is 0.905 bits per heavy atom. The van der Waals surface area contributed by atoms with Crippen molar-refractivity contribution in [3.63, 3.8) is 0 Å². The van der Waals surface area contributed by atoms with Gasteiger partial charge in [0.2, 0.25) is 0 Å². The lowest BCUT2D eigenvalue weighted by Gasteiger charge is -2.34. The van der Waals surface area contributed by atoms with Gasteiger partial charge in [-0.2, -0.15) is 5.26 Å². The molecule has 1 aliphatic rings. The van der Waals surface area contributed by atoms with Gasteiger partial charge in [-0.25, -0.2) is 0 Å². The first-order chi connectivity index (χ1) is 10.3. The Morgan fingerprint density at radius 2 is 1.43 bits per heavy atom. The second kappa shape index (κ2) is 5.71. The van der Waals surface area contributed by atoms with Crippen LogP contribution in [0.3, 0.4) is 0 Å². The Hall–Kier alpha value is -2.11. The van der Waals surface area contributed by atoms with Crippen LogP contribution in [0.2, 0.25) is 0 Å². The minimum atomic E-state index is -0.667. The molecule has 2 atom stereocenters. The molecule has 0 amide bonds. The summed E-state index contributed by atoms with van der Waals surface area (Å²) in [6.45, 7) is 0. The van der Waals surface area contributed by atoms with Crippen molar-refractivity contribution >= 4 is 0 Å². The van der Waals surface area contributed by atoms with Gasteiger partial charge in [0.25, 0.3) is 0 Å².